The van der Waals surface area contributed by atoms with E-state index in [9.17, 15) is 17.6 Å². The Balaban J connectivity index is 2.78. The van der Waals surface area contributed by atoms with E-state index in [0.29, 0.717) is 0 Å². The third-order valence-corrected chi connectivity index (χ3v) is 2.13. The number of rotatable bonds is 3. The predicted octanol–water partition coefficient (Wildman–Crippen LogP) is 2.61. The second-order valence-electron chi connectivity index (χ2n) is 2.37. The van der Waals surface area contributed by atoms with Crippen LogP contribution in [0.15, 0.2) is 23.2 Å². The standard InChI is InChI=1S/C7H6F4N2S/c8-6(9)7(10,11)14-5-3-1-2-4(12)13-5/h1-3,6H,(H2,12,13). The second kappa shape index (κ2) is 4.04. The molecule has 14 heavy (non-hydrogen) atoms. The van der Waals surface area contributed by atoms with E-state index >= 15 is 0 Å². The van der Waals surface area contributed by atoms with E-state index in [2.05, 4.69) is 4.98 Å². The Morgan fingerprint density at radius 1 is 1.36 bits per heavy atom. The third-order valence-electron chi connectivity index (χ3n) is 1.24. The lowest BCUT2D eigenvalue weighted by atomic mass is 10.5. The first-order valence-corrected chi connectivity index (χ1v) is 4.31. The number of hydrogen-bond acceptors (Lipinski definition) is 3. The van der Waals surface area contributed by atoms with Gasteiger partial charge in [0.25, 0.3) is 0 Å². The number of alkyl halides is 4. The third kappa shape index (κ3) is 2.76. The fraction of sp³-hybridized carbons (Fsp3) is 0.286. The van der Waals surface area contributed by atoms with Crippen LogP contribution in [0.2, 0.25) is 0 Å². The first-order chi connectivity index (χ1) is 6.42. The van der Waals surface area contributed by atoms with Gasteiger partial charge < -0.3 is 5.73 Å². The van der Waals surface area contributed by atoms with Crippen molar-refractivity contribution in [2.24, 2.45) is 0 Å². The molecule has 2 N–H and O–H groups in total. The van der Waals surface area contributed by atoms with Gasteiger partial charge >= 0.3 is 11.7 Å². The first kappa shape index (κ1) is 11.1. The summed E-state index contributed by atoms with van der Waals surface area (Å²) in [5.41, 5.74) is 5.20. The lowest BCUT2D eigenvalue weighted by Crippen LogP contribution is -2.21. The Hall–Kier alpha value is -0.980. The van der Waals surface area contributed by atoms with Crippen LogP contribution in [0, 0.1) is 0 Å². The lowest BCUT2D eigenvalue weighted by Gasteiger charge is -2.13. The number of halogens is 4. The van der Waals surface area contributed by atoms with Crippen molar-refractivity contribution in [3.05, 3.63) is 18.2 Å². The molecule has 0 fully saturated rings. The summed E-state index contributed by atoms with van der Waals surface area (Å²) in [5.74, 6) is 0.0140. The molecule has 1 rings (SSSR count). The average Bonchev–Trinajstić information content (AvgIpc) is 2.02. The van der Waals surface area contributed by atoms with Crippen LogP contribution in [0.1, 0.15) is 0 Å². The molecule has 0 atom stereocenters. The summed E-state index contributed by atoms with van der Waals surface area (Å²) in [5, 5.41) is -4.36. The van der Waals surface area contributed by atoms with E-state index in [0.717, 1.165) is 0 Å². The van der Waals surface area contributed by atoms with Crippen molar-refractivity contribution in [2.45, 2.75) is 16.7 Å². The molecule has 0 unspecified atom stereocenters. The maximum absolute atomic E-state index is 12.5. The van der Waals surface area contributed by atoms with Gasteiger partial charge in [-0.05, 0) is 23.9 Å². The Bertz CT molecular complexity index is 318. The number of hydrogen-bond donors (Lipinski definition) is 1. The highest BCUT2D eigenvalue weighted by Gasteiger charge is 2.42. The van der Waals surface area contributed by atoms with Crippen molar-refractivity contribution in [1.82, 2.24) is 4.98 Å². The summed E-state index contributed by atoms with van der Waals surface area (Å²) in [7, 11) is 0. The van der Waals surface area contributed by atoms with E-state index in [4.69, 9.17) is 5.73 Å². The Morgan fingerprint density at radius 2 is 2.00 bits per heavy atom. The first-order valence-electron chi connectivity index (χ1n) is 3.49. The molecule has 0 aliphatic rings. The van der Waals surface area contributed by atoms with Crippen LogP contribution < -0.4 is 5.73 Å². The number of aromatic nitrogens is 1. The van der Waals surface area contributed by atoms with Gasteiger partial charge in [-0.15, -0.1) is 0 Å². The van der Waals surface area contributed by atoms with Gasteiger partial charge in [-0.2, -0.15) is 8.78 Å². The Labute approximate surface area is 81.5 Å². The molecule has 0 radical (unpaired) electrons. The van der Waals surface area contributed by atoms with E-state index in [1.807, 2.05) is 0 Å². The summed E-state index contributed by atoms with van der Waals surface area (Å²) in [6, 6.07) is 3.94. The van der Waals surface area contributed by atoms with E-state index in [1.165, 1.54) is 18.2 Å². The van der Waals surface area contributed by atoms with Gasteiger partial charge in [0, 0.05) is 0 Å². The molecule has 0 spiro atoms. The number of anilines is 1. The molecule has 0 aliphatic heterocycles. The molecular formula is C7H6F4N2S. The maximum Gasteiger partial charge on any atom is 0.359 e. The van der Waals surface area contributed by atoms with Gasteiger partial charge in [0.2, 0.25) is 0 Å². The smallest absolute Gasteiger partial charge is 0.359 e. The van der Waals surface area contributed by atoms with Crippen LogP contribution in [0.5, 0.6) is 0 Å². The van der Waals surface area contributed by atoms with Gasteiger partial charge in [-0.3, -0.25) is 0 Å². The highest BCUT2D eigenvalue weighted by molar-refractivity contribution is 8.00. The molecule has 78 valence electrons. The number of pyridine rings is 1. The zero-order chi connectivity index (χ0) is 10.8. The summed E-state index contributed by atoms with van der Waals surface area (Å²) < 4.78 is 48.5. The SMILES string of the molecule is Nc1cccc(SC(F)(F)C(F)F)n1. The van der Waals surface area contributed by atoms with Crippen LogP contribution in [0.25, 0.3) is 0 Å². The number of thioether (sulfide) groups is 1. The van der Waals surface area contributed by atoms with Crippen molar-refractivity contribution in [3.8, 4) is 0 Å². The minimum Gasteiger partial charge on any atom is -0.384 e. The zero-order valence-corrected chi connectivity index (χ0v) is 7.57. The summed E-state index contributed by atoms with van der Waals surface area (Å²) in [6.07, 6.45) is -3.73. The molecule has 1 heterocycles. The molecule has 7 heteroatoms. The summed E-state index contributed by atoms with van der Waals surface area (Å²) >= 11 is -0.306. The minimum atomic E-state index is -4.14. The minimum absolute atomic E-state index is 0.0140. The molecule has 1 aromatic rings. The molecule has 0 bridgehead atoms. The van der Waals surface area contributed by atoms with Crippen LogP contribution in [-0.4, -0.2) is 16.7 Å². The molecule has 0 saturated carbocycles. The normalized spacial score (nSPS) is 12.1. The van der Waals surface area contributed by atoms with Gasteiger partial charge in [0.15, 0.2) is 0 Å². The zero-order valence-electron chi connectivity index (χ0n) is 6.75. The van der Waals surface area contributed by atoms with Crippen LogP contribution >= 0.6 is 11.8 Å². The Kier molecular flexibility index (Phi) is 3.20. The highest BCUT2D eigenvalue weighted by Crippen LogP contribution is 2.39. The summed E-state index contributed by atoms with van der Waals surface area (Å²) in [4.78, 5) is 3.47. The molecular weight excluding hydrogens is 220 g/mol. The van der Waals surface area contributed by atoms with Gasteiger partial charge in [0.1, 0.15) is 10.8 Å². The van der Waals surface area contributed by atoms with Crippen molar-refractivity contribution >= 4 is 17.6 Å². The second-order valence-corrected chi connectivity index (χ2v) is 3.53. The quantitative estimate of drug-likeness (QED) is 0.636. The van der Waals surface area contributed by atoms with Gasteiger partial charge in [0.05, 0.1) is 0 Å². The molecule has 1 aromatic heterocycles. The summed E-state index contributed by atoms with van der Waals surface area (Å²) in [6.45, 7) is 0. The molecule has 0 aromatic carbocycles. The van der Waals surface area contributed by atoms with Gasteiger partial charge in [-0.1, -0.05) is 6.07 Å². The molecule has 0 aliphatic carbocycles. The van der Waals surface area contributed by atoms with Crippen molar-refractivity contribution in [2.75, 3.05) is 5.73 Å². The van der Waals surface area contributed by atoms with Crippen LogP contribution in [-0.2, 0) is 0 Å². The fourth-order valence-electron chi connectivity index (χ4n) is 0.672. The van der Waals surface area contributed by atoms with Crippen molar-refractivity contribution in [1.29, 1.82) is 0 Å². The number of nitrogen functional groups attached to an aromatic ring is 1. The van der Waals surface area contributed by atoms with Crippen LogP contribution in [0.4, 0.5) is 23.4 Å². The van der Waals surface area contributed by atoms with Crippen molar-refractivity contribution < 1.29 is 17.6 Å². The average molecular weight is 226 g/mol. The van der Waals surface area contributed by atoms with Crippen LogP contribution in [0.3, 0.4) is 0 Å². The predicted molar refractivity (Wildman–Crippen MR) is 45.5 cm³/mol. The van der Waals surface area contributed by atoms with E-state index in [-0.39, 0.29) is 22.6 Å². The molecule has 2 nitrogen and oxygen atoms in total. The van der Waals surface area contributed by atoms with E-state index in [1.54, 1.807) is 0 Å². The monoisotopic (exact) mass is 226 g/mol. The largest absolute Gasteiger partial charge is 0.384 e. The molecule has 0 saturated heterocycles. The van der Waals surface area contributed by atoms with E-state index < -0.39 is 11.7 Å². The topological polar surface area (TPSA) is 38.9 Å². The number of nitrogens with zero attached hydrogens (tertiary/aromatic N) is 1. The Morgan fingerprint density at radius 3 is 2.50 bits per heavy atom. The lowest BCUT2D eigenvalue weighted by molar-refractivity contribution is -0.0564. The fourth-order valence-corrected chi connectivity index (χ4v) is 1.34. The number of nitrogens with two attached hydrogens (primary N) is 1. The molecule has 0 amide bonds. The highest BCUT2D eigenvalue weighted by atomic mass is 32.2. The maximum atomic E-state index is 12.5. The van der Waals surface area contributed by atoms with Crippen molar-refractivity contribution in [3.63, 3.8) is 0 Å². The van der Waals surface area contributed by atoms with Gasteiger partial charge in [-0.25, -0.2) is 13.8 Å².